The van der Waals surface area contributed by atoms with Crippen molar-refractivity contribution < 1.29 is 9.53 Å². The van der Waals surface area contributed by atoms with Gasteiger partial charge in [0.05, 0.1) is 26.3 Å². The fourth-order valence-electron chi connectivity index (χ4n) is 7.14. The molecular formula is C34H36Cl3N3O2. The molecule has 0 aliphatic carbocycles. The molecule has 0 spiro atoms. The van der Waals surface area contributed by atoms with Crippen molar-refractivity contribution in [1.82, 2.24) is 4.57 Å². The van der Waals surface area contributed by atoms with Crippen molar-refractivity contribution in [3.8, 4) is 0 Å². The monoisotopic (exact) mass is 623 g/mol. The van der Waals surface area contributed by atoms with Gasteiger partial charge in [0.1, 0.15) is 0 Å². The number of aromatic nitrogens is 1. The lowest BCUT2D eigenvalue weighted by molar-refractivity contribution is 0.0254. The van der Waals surface area contributed by atoms with Gasteiger partial charge in [-0.1, -0.05) is 65.1 Å². The molecule has 1 aromatic heterocycles. The Hall–Kier alpha value is -2.86. The Labute approximate surface area is 262 Å². The van der Waals surface area contributed by atoms with Crippen molar-refractivity contribution in [3.63, 3.8) is 0 Å². The second kappa shape index (κ2) is 11.3. The number of ether oxygens (including phenoxy) is 1. The first-order chi connectivity index (χ1) is 20.3. The minimum Gasteiger partial charge on any atom is -0.440 e. The SMILES string of the molecule is CCN(CC)c1ccc(C2(c3c(C)n(CC)c4ccccc34)OC(=O)c3c(N4CCCCC4)c(Cl)c(Cl)c(Cl)c32)cc1. The highest BCUT2D eigenvalue weighted by molar-refractivity contribution is 6.50. The molecule has 2 aliphatic heterocycles. The number of halogens is 3. The zero-order valence-corrected chi connectivity index (χ0v) is 26.8. The topological polar surface area (TPSA) is 37.7 Å². The maximum Gasteiger partial charge on any atom is 0.342 e. The number of aryl methyl sites for hydroxylation is 1. The molecule has 1 atom stereocenters. The smallest absolute Gasteiger partial charge is 0.342 e. The molecule has 8 heteroatoms. The molecular weight excluding hydrogens is 589 g/mol. The van der Waals surface area contributed by atoms with E-state index in [2.05, 4.69) is 78.5 Å². The average Bonchev–Trinajstić information content (AvgIpc) is 3.48. The Kier molecular flexibility index (Phi) is 7.88. The average molecular weight is 625 g/mol. The molecule has 0 saturated carbocycles. The number of benzene rings is 3. The predicted octanol–water partition coefficient (Wildman–Crippen LogP) is 9.23. The quantitative estimate of drug-likeness (QED) is 0.152. The molecule has 3 aromatic carbocycles. The van der Waals surface area contributed by atoms with Crippen molar-refractivity contribution in [2.75, 3.05) is 36.0 Å². The third kappa shape index (κ3) is 4.23. The minimum absolute atomic E-state index is 0.247. The predicted molar refractivity (Wildman–Crippen MR) is 175 cm³/mol. The van der Waals surface area contributed by atoms with E-state index in [9.17, 15) is 4.79 Å². The Morgan fingerprint density at radius 3 is 2.17 bits per heavy atom. The van der Waals surface area contributed by atoms with E-state index in [4.69, 9.17) is 39.5 Å². The van der Waals surface area contributed by atoms with Crippen LogP contribution in [0.4, 0.5) is 11.4 Å². The van der Waals surface area contributed by atoms with Crippen LogP contribution in [-0.2, 0) is 16.9 Å². The number of para-hydroxylation sites is 1. The molecule has 0 N–H and O–H groups in total. The first-order valence-corrected chi connectivity index (χ1v) is 16.1. The summed E-state index contributed by atoms with van der Waals surface area (Å²) in [5.41, 5.74) is 5.18. The van der Waals surface area contributed by atoms with Gasteiger partial charge in [0.15, 0.2) is 5.60 Å². The number of nitrogens with zero attached hydrogens (tertiary/aromatic N) is 3. The Bertz CT molecular complexity index is 1670. The molecule has 0 radical (unpaired) electrons. The van der Waals surface area contributed by atoms with Crippen LogP contribution in [0.25, 0.3) is 10.9 Å². The summed E-state index contributed by atoms with van der Waals surface area (Å²) in [7, 11) is 0. The highest BCUT2D eigenvalue weighted by Crippen LogP contribution is 2.58. The first-order valence-electron chi connectivity index (χ1n) is 14.9. The number of esters is 1. The van der Waals surface area contributed by atoms with Gasteiger partial charge in [-0.25, -0.2) is 4.79 Å². The standard InChI is InChI=1S/C34H36Cl3N3O2/c1-5-38(6-2)23-17-15-22(16-18-23)34(27-21(4)40(7-3)25-14-10-9-13-24(25)27)28-26(33(41)42-34)32(31(37)30(36)29(28)35)39-19-11-8-12-20-39/h9-10,13-18H,5-8,11-12,19-20H2,1-4H3. The van der Waals surface area contributed by atoms with Crippen molar-refractivity contribution >= 4 is 63.0 Å². The highest BCUT2D eigenvalue weighted by atomic mass is 35.5. The summed E-state index contributed by atoms with van der Waals surface area (Å²) in [6.07, 6.45) is 3.17. The molecule has 0 bridgehead atoms. The number of piperidine rings is 1. The fraction of sp³-hybridized carbons (Fsp3) is 0.382. The normalized spacial score (nSPS) is 18.5. The van der Waals surface area contributed by atoms with E-state index in [0.717, 1.165) is 85.4 Å². The van der Waals surface area contributed by atoms with Gasteiger partial charge < -0.3 is 19.1 Å². The summed E-state index contributed by atoms with van der Waals surface area (Å²) in [5.74, 6) is -0.438. The number of hydrogen-bond donors (Lipinski definition) is 0. The maximum absolute atomic E-state index is 14.3. The van der Waals surface area contributed by atoms with Crippen LogP contribution in [-0.4, -0.2) is 36.7 Å². The van der Waals surface area contributed by atoms with Crippen LogP contribution in [0.15, 0.2) is 48.5 Å². The Balaban J connectivity index is 1.73. The van der Waals surface area contributed by atoms with Crippen molar-refractivity contribution in [1.29, 1.82) is 0 Å². The number of carbonyl (C=O) groups excluding carboxylic acids is 1. The van der Waals surface area contributed by atoms with E-state index in [1.807, 2.05) is 12.1 Å². The summed E-state index contributed by atoms with van der Waals surface area (Å²) in [4.78, 5) is 18.7. The van der Waals surface area contributed by atoms with E-state index in [0.29, 0.717) is 21.8 Å². The van der Waals surface area contributed by atoms with Crippen molar-refractivity contribution in [3.05, 3.63) is 91.5 Å². The van der Waals surface area contributed by atoms with E-state index in [1.165, 1.54) is 0 Å². The van der Waals surface area contributed by atoms with E-state index in [-0.39, 0.29) is 10.0 Å². The van der Waals surface area contributed by atoms with Crippen LogP contribution in [0.3, 0.4) is 0 Å². The first kappa shape index (κ1) is 29.2. The van der Waals surface area contributed by atoms with Crippen LogP contribution in [0, 0.1) is 6.92 Å². The molecule has 4 aromatic rings. The molecule has 6 rings (SSSR count). The molecule has 0 amide bonds. The van der Waals surface area contributed by atoms with Gasteiger partial charge in [0, 0.05) is 71.7 Å². The molecule has 5 nitrogen and oxygen atoms in total. The number of anilines is 2. The van der Waals surface area contributed by atoms with Gasteiger partial charge in [-0.05, 0) is 65.2 Å². The Morgan fingerprint density at radius 2 is 1.52 bits per heavy atom. The van der Waals surface area contributed by atoms with Crippen LogP contribution < -0.4 is 9.80 Å². The lowest BCUT2D eigenvalue weighted by atomic mass is 9.78. The van der Waals surface area contributed by atoms with Gasteiger partial charge >= 0.3 is 5.97 Å². The number of cyclic esters (lactones) is 1. The van der Waals surface area contributed by atoms with Gasteiger partial charge in [0.2, 0.25) is 0 Å². The highest BCUT2D eigenvalue weighted by Gasteiger charge is 2.55. The number of rotatable bonds is 7. The summed E-state index contributed by atoms with van der Waals surface area (Å²) in [6, 6.07) is 16.6. The van der Waals surface area contributed by atoms with Gasteiger partial charge in [-0.15, -0.1) is 0 Å². The minimum atomic E-state index is -1.33. The Morgan fingerprint density at radius 1 is 0.857 bits per heavy atom. The van der Waals surface area contributed by atoms with Gasteiger partial charge in [-0.2, -0.15) is 0 Å². The fourth-order valence-corrected chi connectivity index (χ4v) is 8.00. The van der Waals surface area contributed by atoms with E-state index in [1.54, 1.807) is 0 Å². The molecule has 42 heavy (non-hydrogen) atoms. The molecule has 1 unspecified atom stereocenters. The lowest BCUT2D eigenvalue weighted by Crippen LogP contribution is -2.32. The van der Waals surface area contributed by atoms with E-state index < -0.39 is 11.6 Å². The molecule has 3 heterocycles. The van der Waals surface area contributed by atoms with Crippen molar-refractivity contribution in [2.45, 2.75) is 59.1 Å². The summed E-state index contributed by atoms with van der Waals surface area (Å²) in [5, 5.41) is 1.81. The maximum atomic E-state index is 14.3. The zero-order valence-electron chi connectivity index (χ0n) is 24.6. The van der Waals surface area contributed by atoms with Crippen LogP contribution >= 0.6 is 34.8 Å². The van der Waals surface area contributed by atoms with Crippen LogP contribution in [0.2, 0.25) is 15.1 Å². The lowest BCUT2D eigenvalue weighted by Gasteiger charge is -2.34. The molecule has 220 valence electrons. The third-order valence-electron chi connectivity index (χ3n) is 9.08. The zero-order chi connectivity index (χ0) is 29.8. The van der Waals surface area contributed by atoms with Crippen LogP contribution in [0.5, 0.6) is 0 Å². The summed E-state index contributed by atoms with van der Waals surface area (Å²) < 4.78 is 8.98. The summed E-state index contributed by atoms with van der Waals surface area (Å²) >= 11 is 21.1. The second-order valence-electron chi connectivity index (χ2n) is 11.1. The van der Waals surface area contributed by atoms with Crippen molar-refractivity contribution in [2.24, 2.45) is 0 Å². The molecule has 2 aliphatic rings. The van der Waals surface area contributed by atoms with Crippen LogP contribution in [0.1, 0.15) is 72.8 Å². The van der Waals surface area contributed by atoms with Gasteiger partial charge in [-0.3, -0.25) is 0 Å². The largest absolute Gasteiger partial charge is 0.440 e. The van der Waals surface area contributed by atoms with E-state index >= 15 is 0 Å². The number of hydrogen-bond acceptors (Lipinski definition) is 4. The third-order valence-corrected chi connectivity index (χ3v) is 10.4. The molecule has 1 saturated heterocycles. The summed E-state index contributed by atoms with van der Waals surface area (Å²) in [6.45, 7) is 12.6. The number of carbonyl (C=O) groups is 1. The number of fused-ring (bicyclic) bond motifs is 2. The van der Waals surface area contributed by atoms with Gasteiger partial charge in [0.25, 0.3) is 0 Å². The molecule has 1 fully saturated rings. The second-order valence-corrected chi connectivity index (χ2v) is 12.2.